The van der Waals surface area contributed by atoms with Crippen LogP contribution in [0.25, 0.3) is 11.4 Å². The number of aryl methyl sites for hydroxylation is 1. The number of nitrogens with zero attached hydrogens (tertiary/aromatic N) is 4. The molecule has 2 aromatic heterocycles. The van der Waals surface area contributed by atoms with E-state index in [9.17, 15) is 4.79 Å². The summed E-state index contributed by atoms with van der Waals surface area (Å²) in [6.45, 7) is 5.39. The number of rotatable bonds is 8. The van der Waals surface area contributed by atoms with Gasteiger partial charge in [0.25, 0.3) is 0 Å². The Bertz CT molecular complexity index is 1000. The van der Waals surface area contributed by atoms with E-state index < -0.39 is 0 Å². The van der Waals surface area contributed by atoms with Crippen LogP contribution in [0, 0.1) is 5.92 Å². The molecule has 1 aliphatic rings. The zero-order valence-corrected chi connectivity index (χ0v) is 19.1. The minimum absolute atomic E-state index is 0.0510. The molecule has 0 bridgehead atoms. The van der Waals surface area contributed by atoms with Crippen LogP contribution in [0.5, 0.6) is 0 Å². The van der Waals surface area contributed by atoms with E-state index in [4.69, 9.17) is 16.1 Å². The maximum Gasteiger partial charge on any atom is 0.226 e. The number of amides is 1. The van der Waals surface area contributed by atoms with Crippen LogP contribution in [-0.4, -0.2) is 39.0 Å². The Morgan fingerprint density at radius 2 is 2.16 bits per heavy atom. The highest BCUT2D eigenvalue weighted by Gasteiger charge is 2.17. The van der Waals surface area contributed by atoms with Crippen molar-refractivity contribution < 1.29 is 9.32 Å². The van der Waals surface area contributed by atoms with Crippen LogP contribution in [0.1, 0.15) is 44.2 Å². The molecule has 1 unspecified atom stereocenters. The summed E-state index contributed by atoms with van der Waals surface area (Å²) >= 11 is 7.38. The average Bonchev–Trinajstić information content (AvgIpc) is 3.38. The molecular weight excluding hydrogens is 434 g/mol. The van der Waals surface area contributed by atoms with Crippen molar-refractivity contribution in [2.24, 2.45) is 5.92 Å². The maximum atomic E-state index is 12.3. The van der Waals surface area contributed by atoms with Crippen LogP contribution in [0.2, 0.25) is 5.02 Å². The largest absolute Gasteiger partial charge is 0.339 e. The predicted molar refractivity (Wildman–Crippen MR) is 122 cm³/mol. The van der Waals surface area contributed by atoms with Gasteiger partial charge in [0.05, 0.1) is 5.69 Å². The first-order valence-corrected chi connectivity index (χ1v) is 11.9. The van der Waals surface area contributed by atoms with Gasteiger partial charge in [0.1, 0.15) is 0 Å². The lowest BCUT2D eigenvalue weighted by Crippen LogP contribution is -2.33. The fourth-order valence-corrected chi connectivity index (χ4v) is 4.59. The van der Waals surface area contributed by atoms with Gasteiger partial charge in [0.15, 0.2) is 5.13 Å². The Balaban J connectivity index is 1.20. The number of aromatic nitrogens is 3. The Morgan fingerprint density at radius 1 is 1.32 bits per heavy atom. The molecule has 4 rings (SSSR count). The Labute approximate surface area is 190 Å². The minimum atomic E-state index is -0.0510. The fourth-order valence-electron chi connectivity index (χ4n) is 3.75. The summed E-state index contributed by atoms with van der Waals surface area (Å²) in [6.07, 6.45) is 4.09. The van der Waals surface area contributed by atoms with Crippen LogP contribution < -0.4 is 5.32 Å². The summed E-state index contributed by atoms with van der Waals surface area (Å²) in [4.78, 5) is 23.7. The van der Waals surface area contributed by atoms with E-state index in [0.29, 0.717) is 41.1 Å². The number of hydrogen-bond acceptors (Lipinski definition) is 7. The Hall–Kier alpha value is -2.29. The van der Waals surface area contributed by atoms with E-state index in [2.05, 4.69) is 32.3 Å². The molecule has 9 heteroatoms. The van der Waals surface area contributed by atoms with Gasteiger partial charge in [-0.2, -0.15) is 4.98 Å². The van der Waals surface area contributed by atoms with Crippen molar-refractivity contribution >= 4 is 34.0 Å². The van der Waals surface area contributed by atoms with Crippen molar-refractivity contribution in [3.05, 3.63) is 46.3 Å². The highest BCUT2D eigenvalue weighted by molar-refractivity contribution is 7.13. The summed E-state index contributed by atoms with van der Waals surface area (Å²) in [5.74, 6) is 1.73. The van der Waals surface area contributed by atoms with Gasteiger partial charge < -0.3 is 9.84 Å². The van der Waals surface area contributed by atoms with Gasteiger partial charge in [-0.1, -0.05) is 23.7 Å². The Kier molecular flexibility index (Phi) is 7.32. The minimum Gasteiger partial charge on any atom is -0.339 e. The smallest absolute Gasteiger partial charge is 0.226 e. The van der Waals surface area contributed by atoms with Gasteiger partial charge in [-0.25, -0.2) is 4.98 Å². The number of carbonyl (C=O) groups is 1. The normalized spacial score (nSPS) is 17.0. The van der Waals surface area contributed by atoms with Crippen molar-refractivity contribution in [3.63, 3.8) is 0 Å². The van der Waals surface area contributed by atoms with E-state index in [0.717, 1.165) is 36.8 Å². The topological polar surface area (TPSA) is 84.2 Å². The molecule has 7 nitrogen and oxygen atoms in total. The van der Waals surface area contributed by atoms with Crippen LogP contribution in [0.15, 0.2) is 34.2 Å². The quantitative estimate of drug-likeness (QED) is 0.508. The molecule has 1 aromatic carbocycles. The van der Waals surface area contributed by atoms with Gasteiger partial charge in [0.2, 0.25) is 17.6 Å². The second-order valence-corrected chi connectivity index (χ2v) is 9.34. The number of piperidine rings is 1. The van der Waals surface area contributed by atoms with E-state index in [1.54, 1.807) is 12.1 Å². The first-order chi connectivity index (χ1) is 15.0. The molecular formula is C22H26ClN5O2S. The first kappa shape index (κ1) is 21.9. The number of carbonyl (C=O) groups excluding carboxylic acids is 1. The van der Waals surface area contributed by atoms with Gasteiger partial charge in [-0.3, -0.25) is 9.69 Å². The second kappa shape index (κ2) is 10.3. The van der Waals surface area contributed by atoms with Gasteiger partial charge in [-0.05, 0) is 56.0 Å². The summed E-state index contributed by atoms with van der Waals surface area (Å²) in [5, 5.41) is 10.2. The molecule has 1 aliphatic heterocycles. The number of nitrogens with one attached hydrogen (secondary N) is 1. The third-order valence-electron chi connectivity index (χ3n) is 5.29. The lowest BCUT2D eigenvalue weighted by atomic mass is 10.0. The zero-order chi connectivity index (χ0) is 21.6. The molecule has 31 heavy (non-hydrogen) atoms. The Morgan fingerprint density at radius 3 is 2.97 bits per heavy atom. The lowest BCUT2D eigenvalue weighted by Gasteiger charge is -2.30. The first-order valence-electron chi connectivity index (χ1n) is 10.6. The number of anilines is 1. The zero-order valence-electron chi connectivity index (χ0n) is 17.5. The lowest BCUT2D eigenvalue weighted by molar-refractivity contribution is -0.116. The molecule has 1 N–H and O–H groups in total. The molecule has 1 saturated heterocycles. The summed E-state index contributed by atoms with van der Waals surface area (Å²) in [6, 6.07) is 7.26. The number of thiazole rings is 1. The van der Waals surface area contributed by atoms with Crippen LogP contribution in [0.4, 0.5) is 5.13 Å². The van der Waals surface area contributed by atoms with Crippen molar-refractivity contribution in [1.82, 2.24) is 20.0 Å². The number of halogens is 1. The summed E-state index contributed by atoms with van der Waals surface area (Å²) < 4.78 is 5.29. The predicted octanol–water partition coefficient (Wildman–Crippen LogP) is 5.04. The average molecular weight is 460 g/mol. The van der Waals surface area contributed by atoms with E-state index in [1.165, 1.54) is 24.2 Å². The molecule has 164 valence electrons. The van der Waals surface area contributed by atoms with Gasteiger partial charge in [-0.15, -0.1) is 11.3 Å². The van der Waals surface area contributed by atoms with Crippen molar-refractivity contribution in [2.75, 3.05) is 18.4 Å². The molecule has 1 amide bonds. The molecule has 0 aliphatic carbocycles. The standard InChI is InChI=1S/C22H26ClN5O2S/c1-15-4-3-11-28(12-15)13-18-14-31-22(24-18)25-19(29)5-2-6-20-26-21(27-30-20)16-7-9-17(23)10-8-16/h7-10,14-15H,2-6,11-13H2,1H3,(H,24,25,29). The molecule has 1 fully saturated rings. The third-order valence-corrected chi connectivity index (χ3v) is 6.35. The van der Waals surface area contributed by atoms with Crippen molar-refractivity contribution in [3.8, 4) is 11.4 Å². The van der Waals surface area contributed by atoms with E-state index in [1.807, 2.05) is 17.5 Å². The monoisotopic (exact) mass is 459 g/mol. The van der Waals surface area contributed by atoms with Crippen molar-refractivity contribution in [2.45, 2.75) is 45.6 Å². The van der Waals surface area contributed by atoms with Crippen molar-refractivity contribution in [1.29, 1.82) is 0 Å². The number of benzene rings is 1. The highest BCUT2D eigenvalue weighted by atomic mass is 35.5. The fraction of sp³-hybridized carbons (Fsp3) is 0.455. The van der Waals surface area contributed by atoms with E-state index >= 15 is 0 Å². The SMILES string of the molecule is CC1CCCN(Cc2csc(NC(=O)CCCc3nc(-c4ccc(Cl)cc4)no3)n2)C1. The molecule has 3 aromatic rings. The van der Waals surface area contributed by atoms with Gasteiger partial charge >= 0.3 is 0 Å². The third kappa shape index (κ3) is 6.35. The molecule has 0 saturated carbocycles. The highest BCUT2D eigenvalue weighted by Crippen LogP contribution is 2.22. The molecule has 3 heterocycles. The van der Waals surface area contributed by atoms with Crippen LogP contribution in [-0.2, 0) is 17.8 Å². The second-order valence-electron chi connectivity index (χ2n) is 8.05. The molecule has 0 radical (unpaired) electrons. The van der Waals surface area contributed by atoms with Crippen LogP contribution >= 0.6 is 22.9 Å². The van der Waals surface area contributed by atoms with Gasteiger partial charge in [0, 0.05) is 41.9 Å². The van der Waals surface area contributed by atoms with E-state index in [-0.39, 0.29) is 5.91 Å². The van der Waals surface area contributed by atoms with Crippen LogP contribution in [0.3, 0.4) is 0 Å². The molecule has 1 atom stereocenters. The molecule has 0 spiro atoms. The summed E-state index contributed by atoms with van der Waals surface area (Å²) in [7, 11) is 0. The number of hydrogen-bond donors (Lipinski definition) is 1. The maximum absolute atomic E-state index is 12.3. The number of likely N-dealkylation sites (tertiary alicyclic amines) is 1. The summed E-state index contributed by atoms with van der Waals surface area (Å²) in [5.41, 5.74) is 1.87.